The summed E-state index contributed by atoms with van der Waals surface area (Å²) >= 11 is 0. The molecule has 1 amide bonds. The van der Waals surface area contributed by atoms with E-state index in [9.17, 15) is 14.7 Å². The van der Waals surface area contributed by atoms with Crippen LogP contribution in [0.5, 0.6) is 0 Å². The highest BCUT2D eigenvalue weighted by Gasteiger charge is 2.43. The van der Waals surface area contributed by atoms with Crippen LogP contribution in [0.3, 0.4) is 0 Å². The number of carboxylic acids is 1. The second kappa shape index (κ2) is 5.88. The second-order valence-electron chi connectivity index (χ2n) is 6.24. The van der Waals surface area contributed by atoms with E-state index in [0.717, 1.165) is 11.1 Å². The third-order valence-electron chi connectivity index (χ3n) is 4.05. The minimum absolute atomic E-state index is 0.0385. The molecule has 0 aromatic heterocycles. The fraction of sp³-hybridized carbons (Fsp3) is 0.529. The SMILES string of the molecule is CCC(C(=O)O)C1c2cc(C)ccc2C(=O)N1CC(C)C. The number of hydrogen-bond acceptors (Lipinski definition) is 2. The summed E-state index contributed by atoms with van der Waals surface area (Å²) in [6.07, 6.45) is 0.509. The van der Waals surface area contributed by atoms with Crippen molar-refractivity contribution in [2.45, 2.75) is 40.2 Å². The van der Waals surface area contributed by atoms with Crippen molar-refractivity contribution >= 4 is 11.9 Å². The third kappa shape index (κ3) is 2.80. The van der Waals surface area contributed by atoms with Crippen LogP contribution >= 0.6 is 0 Å². The highest BCUT2D eigenvalue weighted by Crippen LogP contribution is 2.40. The number of aliphatic carboxylic acids is 1. The zero-order valence-corrected chi connectivity index (χ0v) is 13.1. The van der Waals surface area contributed by atoms with Crippen molar-refractivity contribution in [2.75, 3.05) is 6.54 Å². The first-order valence-electron chi connectivity index (χ1n) is 7.51. The van der Waals surface area contributed by atoms with Gasteiger partial charge in [0.15, 0.2) is 0 Å². The van der Waals surface area contributed by atoms with Crippen LogP contribution in [0.1, 0.15) is 54.7 Å². The number of benzene rings is 1. The van der Waals surface area contributed by atoms with Crippen LogP contribution in [-0.2, 0) is 4.79 Å². The van der Waals surface area contributed by atoms with E-state index in [1.165, 1.54) is 0 Å². The first-order chi connectivity index (χ1) is 9.86. The quantitative estimate of drug-likeness (QED) is 0.905. The monoisotopic (exact) mass is 289 g/mol. The molecule has 0 saturated heterocycles. The highest BCUT2D eigenvalue weighted by molar-refractivity contribution is 6.00. The van der Waals surface area contributed by atoms with Crippen LogP contribution in [0, 0.1) is 18.8 Å². The molecule has 4 nitrogen and oxygen atoms in total. The van der Waals surface area contributed by atoms with Crippen LogP contribution in [0.4, 0.5) is 0 Å². The summed E-state index contributed by atoms with van der Waals surface area (Å²) in [6, 6.07) is 5.35. The van der Waals surface area contributed by atoms with Gasteiger partial charge in [0.2, 0.25) is 0 Å². The Morgan fingerprint density at radius 2 is 2.05 bits per heavy atom. The van der Waals surface area contributed by atoms with Gasteiger partial charge in [-0.1, -0.05) is 38.5 Å². The number of rotatable bonds is 5. The molecule has 0 bridgehead atoms. The van der Waals surface area contributed by atoms with Crippen molar-refractivity contribution in [3.8, 4) is 0 Å². The van der Waals surface area contributed by atoms with Crippen LogP contribution in [-0.4, -0.2) is 28.4 Å². The van der Waals surface area contributed by atoms with Gasteiger partial charge in [-0.05, 0) is 30.9 Å². The fourth-order valence-corrected chi connectivity index (χ4v) is 3.13. The van der Waals surface area contributed by atoms with E-state index < -0.39 is 11.9 Å². The maximum Gasteiger partial charge on any atom is 0.308 e. The molecular formula is C17H23NO3. The van der Waals surface area contributed by atoms with Crippen molar-refractivity contribution in [1.82, 2.24) is 4.90 Å². The van der Waals surface area contributed by atoms with E-state index in [1.54, 1.807) is 4.90 Å². The molecule has 0 radical (unpaired) electrons. The number of hydrogen-bond donors (Lipinski definition) is 1. The summed E-state index contributed by atoms with van der Waals surface area (Å²) in [5.41, 5.74) is 2.58. The smallest absolute Gasteiger partial charge is 0.308 e. The molecule has 4 heteroatoms. The summed E-state index contributed by atoms with van der Waals surface area (Å²) in [6.45, 7) is 8.50. The lowest BCUT2D eigenvalue weighted by molar-refractivity contribution is -0.144. The molecule has 0 fully saturated rings. The van der Waals surface area contributed by atoms with E-state index in [1.807, 2.05) is 45.9 Å². The minimum atomic E-state index is -0.835. The minimum Gasteiger partial charge on any atom is -0.481 e. The lowest BCUT2D eigenvalue weighted by Gasteiger charge is -2.31. The van der Waals surface area contributed by atoms with Gasteiger partial charge < -0.3 is 10.0 Å². The van der Waals surface area contributed by atoms with Crippen molar-refractivity contribution < 1.29 is 14.7 Å². The number of amides is 1. The predicted octanol–water partition coefficient (Wildman–Crippen LogP) is 3.26. The third-order valence-corrected chi connectivity index (χ3v) is 4.05. The van der Waals surface area contributed by atoms with E-state index >= 15 is 0 Å². The van der Waals surface area contributed by atoms with Crippen LogP contribution in [0.25, 0.3) is 0 Å². The number of aryl methyl sites for hydroxylation is 1. The molecule has 114 valence electrons. The molecule has 2 atom stereocenters. The standard InChI is InChI=1S/C17H23NO3/c1-5-12(17(20)21)15-14-8-11(4)6-7-13(14)16(19)18(15)9-10(2)3/h6-8,10,12,15H,5,9H2,1-4H3,(H,20,21). The van der Waals surface area contributed by atoms with Gasteiger partial charge >= 0.3 is 5.97 Å². The summed E-state index contributed by atoms with van der Waals surface area (Å²) < 4.78 is 0. The normalized spacial score (nSPS) is 19.0. The molecule has 1 N–H and O–H groups in total. The topological polar surface area (TPSA) is 57.6 Å². The molecule has 1 heterocycles. The molecule has 0 spiro atoms. The average molecular weight is 289 g/mol. The number of carbonyl (C=O) groups excluding carboxylic acids is 1. The summed E-state index contributed by atoms with van der Waals surface area (Å²) in [5.74, 6) is -1.13. The lowest BCUT2D eigenvalue weighted by atomic mass is 9.89. The number of fused-ring (bicyclic) bond motifs is 1. The number of carboxylic acid groups (broad SMARTS) is 1. The van der Waals surface area contributed by atoms with Gasteiger partial charge in [-0.25, -0.2) is 0 Å². The highest BCUT2D eigenvalue weighted by atomic mass is 16.4. The Morgan fingerprint density at radius 1 is 1.38 bits per heavy atom. The van der Waals surface area contributed by atoms with E-state index in [2.05, 4.69) is 0 Å². The lowest BCUT2D eigenvalue weighted by Crippen LogP contribution is -2.37. The summed E-state index contributed by atoms with van der Waals surface area (Å²) in [4.78, 5) is 26.0. The zero-order valence-electron chi connectivity index (χ0n) is 13.1. The van der Waals surface area contributed by atoms with Gasteiger partial charge in [0.1, 0.15) is 0 Å². The fourth-order valence-electron chi connectivity index (χ4n) is 3.13. The second-order valence-corrected chi connectivity index (χ2v) is 6.24. The largest absolute Gasteiger partial charge is 0.481 e. The maximum absolute atomic E-state index is 12.6. The Kier molecular flexibility index (Phi) is 4.35. The van der Waals surface area contributed by atoms with Gasteiger partial charge in [-0.3, -0.25) is 9.59 Å². The summed E-state index contributed by atoms with van der Waals surface area (Å²) in [7, 11) is 0. The Morgan fingerprint density at radius 3 is 2.57 bits per heavy atom. The first-order valence-corrected chi connectivity index (χ1v) is 7.51. The molecule has 1 aromatic rings. The number of carbonyl (C=O) groups is 2. The van der Waals surface area contributed by atoms with Gasteiger partial charge in [-0.15, -0.1) is 0 Å². The van der Waals surface area contributed by atoms with Gasteiger partial charge in [0.25, 0.3) is 5.91 Å². The van der Waals surface area contributed by atoms with Crippen LogP contribution in [0.15, 0.2) is 18.2 Å². The Bertz CT molecular complexity index is 565. The van der Waals surface area contributed by atoms with Crippen molar-refractivity contribution in [2.24, 2.45) is 11.8 Å². The molecule has 2 unspecified atom stereocenters. The van der Waals surface area contributed by atoms with Gasteiger partial charge in [-0.2, -0.15) is 0 Å². The van der Waals surface area contributed by atoms with Gasteiger partial charge in [0.05, 0.1) is 12.0 Å². The molecular weight excluding hydrogens is 266 g/mol. The molecule has 2 rings (SSSR count). The molecule has 0 aliphatic carbocycles. The average Bonchev–Trinajstić information content (AvgIpc) is 2.64. The molecule has 21 heavy (non-hydrogen) atoms. The van der Waals surface area contributed by atoms with Crippen LogP contribution < -0.4 is 0 Å². The van der Waals surface area contributed by atoms with Crippen molar-refractivity contribution in [3.05, 3.63) is 34.9 Å². The Balaban J connectivity index is 2.52. The molecule has 0 saturated carbocycles. The van der Waals surface area contributed by atoms with Crippen molar-refractivity contribution in [1.29, 1.82) is 0 Å². The molecule has 1 aromatic carbocycles. The molecule has 1 aliphatic heterocycles. The Hall–Kier alpha value is -1.84. The van der Waals surface area contributed by atoms with Gasteiger partial charge in [0, 0.05) is 12.1 Å². The van der Waals surface area contributed by atoms with Crippen LogP contribution in [0.2, 0.25) is 0 Å². The van der Waals surface area contributed by atoms with Crippen molar-refractivity contribution in [3.63, 3.8) is 0 Å². The maximum atomic E-state index is 12.6. The predicted molar refractivity (Wildman–Crippen MR) is 81.2 cm³/mol. The first kappa shape index (κ1) is 15.5. The molecule has 1 aliphatic rings. The number of nitrogens with zero attached hydrogens (tertiary/aromatic N) is 1. The Labute approximate surface area is 125 Å². The van der Waals surface area contributed by atoms with E-state index in [-0.39, 0.29) is 11.9 Å². The zero-order chi connectivity index (χ0) is 15.7. The van der Waals surface area contributed by atoms with E-state index in [4.69, 9.17) is 0 Å². The summed E-state index contributed by atoms with van der Waals surface area (Å²) in [5, 5.41) is 9.53. The van der Waals surface area contributed by atoms with E-state index in [0.29, 0.717) is 24.4 Å².